The maximum absolute atomic E-state index is 13.2. The lowest BCUT2D eigenvalue weighted by Gasteiger charge is -2.22. The number of sulfone groups is 1. The highest BCUT2D eigenvalue weighted by Crippen LogP contribution is 2.20. The first-order valence-electron chi connectivity index (χ1n) is 9.70. The van der Waals surface area contributed by atoms with E-state index in [1.807, 2.05) is 6.92 Å². The van der Waals surface area contributed by atoms with Gasteiger partial charge in [-0.3, -0.25) is 4.79 Å². The lowest BCUT2D eigenvalue weighted by atomic mass is 10.2. The Morgan fingerprint density at radius 1 is 1.29 bits per heavy atom. The third kappa shape index (κ3) is 5.38. The van der Waals surface area contributed by atoms with Gasteiger partial charge in [-0.15, -0.1) is 0 Å². The zero-order valence-corrected chi connectivity index (χ0v) is 18.4. The Morgan fingerprint density at radius 2 is 1.97 bits per heavy atom. The van der Waals surface area contributed by atoms with Crippen molar-refractivity contribution >= 4 is 27.8 Å². The Hall–Kier alpha value is -3.01. The molecule has 1 amide bonds. The minimum absolute atomic E-state index is 0.0577. The van der Waals surface area contributed by atoms with Crippen LogP contribution in [0.1, 0.15) is 23.4 Å². The van der Waals surface area contributed by atoms with E-state index in [2.05, 4.69) is 5.10 Å². The molecule has 0 radical (unpaired) electrons. The summed E-state index contributed by atoms with van der Waals surface area (Å²) in [5, 5.41) is 4.42. The lowest BCUT2D eigenvalue weighted by molar-refractivity contribution is -0.148. The van der Waals surface area contributed by atoms with Crippen molar-refractivity contribution in [2.24, 2.45) is 0 Å². The van der Waals surface area contributed by atoms with Gasteiger partial charge in [0.2, 0.25) is 0 Å². The van der Waals surface area contributed by atoms with Crippen LogP contribution < -0.4 is 0 Å². The highest BCUT2D eigenvalue weighted by atomic mass is 32.2. The molecular weight excluding hydrogens is 425 g/mol. The molecule has 3 rings (SSSR count). The lowest BCUT2D eigenvalue weighted by Crippen LogP contribution is -2.40. The number of carbonyl (C=O) groups is 2. The minimum Gasteiger partial charge on any atom is -0.452 e. The quantitative estimate of drug-likeness (QED) is 0.493. The first-order chi connectivity index (χ1) is 14.6. The molecule has 0 aliphatic carbocycles. The fourth-order valence-electron chi connectivity index (χ4n) is 3.45. The van der Waals surface area contributed by atoms with Crippen molar-refractivity contribution in [3.05, 3.63) is 53.1 Å². The summed E-state index contributed by atoms with van der Waals surface area (Å²) in [5.74, 6) is -1.51. The van der Waals surface area contributed by atoms with Crippen LogP contribution in [-0.4, -0.2) is 66.2 Å². The highest BCUT2D eigenvalue weighted by Gasteiger charge is 2.32. The van der Waals surface area contributed by atoms with Crippen molar-refractivity contribution in [2.45, 2.75) is 26.3 Å². The van der Waals surface area contributed by atoms with Crippen molar-refractivity contribution in [1.82, 2.24) is 14.7 Å². The van der Waals surface area contributed by atoms with Gasteiger partial charge in [0.1, 0.15) is 5.82 Å². The molecule has 1 aliphatic heterocycles. The van der Waals surface area contributed by atoms with Crippen LogP contribution >= 0.6 is 0 Å². The van der Waals surface area contributed by atoms with Crippen molar-refractivity contribution < 1.29 is 27.1 Å². The van der Waals surface area contributed by atoms with Gasteiger partial charge in [0.25, 0.3) is 5.91 Å². The highest BCUT2D eigenvalue weighted by molar-refractivity contribution is 7.91. The Labute approximate surface area is 180 Å². The van der Waals surface area contributed by atoms with E-state index in [4.69, 9.17) is 4.74 Å². The molecule has 10 heteroatoms. The second kappa shape index (κ2) is 9.01. The van der Waals surface area contributed by atoms with E-state index in [1.54, 1.807) is 29.8 Å². The second-order valence-electron chi connectivity index (χ2n) is 7.48. The molecule has 8 nitrogen and oxygen atoms in total. The van der Waals surface area contributed by atoms with E-state index in [-0.39, 0.29) is 17.3 Å². The van der Waals surface area contributed by atoms with Gasteiger partial charge in [-0.2, -0.15) is 5.10 Å². The van der Waals surface area contributed by atoms with Gasteiger partial charge in [0, 0.05) is 30.4 Å². The maximum atomic E-state index is 13.2. The van der Waals surface area contributed by atoms with Gasteiger partial charge in [0.05, 0.1) is 22.9 Å². The van der Waals surface area contributed by atoms with E-state index in [0.717, 1.165) is 5.69 Å². The van der Waals surface area contributed by atoms with E-state index < -0.39 is 34.4 Å². The topological polar surface area (TPSA) is 98.6 Å². The van der Waals surface area contributed by atoms with Crippen molar-refractivity contribution in [3.63, 3.8) is 0 Å². The number of carbonyl (C=O) groups excluding carboxylic acids is 2. The van der Waals surface area contributed by atoms with Gasteiger partial charge < -0.3 is 9.64 Å². The fraction of sp³-hybridized carbons (Fsp3) is 0.381. The Kier molecular flexibility index (Phi) is 6.59. The number of benzene rings is 1. The van der Waals surface area contributed by atoms with Crippen LogP contribution in [0.5, 0.6) is 0 Å². The van der Waals surface area contributed by atoms with Crippen LogP contribution in [0.15, 0.2) is 30.3 Å². The molecule has 2 aromatic rings. The van der Waals surface area contributed by atoms with E-state index >= 15 is 0 Å². The summed E-state index contributed by atoms with van der Waals surface area (Å²) < 4.78 is 42.9. The maximum Gasteiger partial charge on any atom is 0.331 e. The van der Waals surface area contributed by atoms with Gasteiger partial charge in [-0.05, 0) is 50.6 Å². The van der Waals surface area contributed by atoms with Crippen molar-refractivity contribution in [2.75, 3.05) is 25.2 Å². The number of rotatable bonds is 6. The molecule has 0 saturated carbocycles. The molecule has 1 unspecified atom stereocenters. The van der Waals surface area contributed by atoms with Crippen LogP contribution in [0.3, 0.4) is 0 Å². The monoisotopic (exact) mass is 449 g/mol. The Balaban J connectivity index is 1.60. The summed E-state index contributed by atoms with van der Waals surface area (Å²) in [5.41, 5.74) is 2.82. The average Bonchev–Trinajstić information content (AvgIpc) is 3.23. The molecule has 166 valence electrons. The zero-order valence-electron chi connectivity index (χ0n) is 17.5. The molecule has 1 aromatic heterocycles. The summed E-state index contributed by atoms with van der Waals surface area (Å²) in [6.45, 7) is 3.14. The molecule has 31 heavy (non-hydrogen) atoms. The smallest absolute Gasteiger partial charge is 0.331 e. The summed E-state index contributed by atoms with van der Waals surface area (Å²) >= 11 is 0. The SMILES string of the molecule is Cc1nn(-c2ccc(F)cc2)c(C)c1/C=C/C(=O)OCC(=O)N(C)C1CCS(=O)(=O)C1. The molecule has 2 heterocycles. The predicted molar refractivity (Wildman–Crippen MR) is 113 cm³/mol. The van der Waals surface area contributed by atoms with E-state index in [0.29, 0.717) is 23.4 Å². The van der Waals surface area contributed by atoms with Crippen LogP contribution in [0, 0.1) is 19.7 Å². The van der Waals surface area contributed by atoms with Gasteiger partial charge >= 0.3 is 5.97 Å². The number of halogens is 1. The van der Waals surface area contributed by atoms with E-state index in [9.17, 15) is 22.4 Å². The Morgan fingerprint density at radius 3 is 2.58 bits per heavy atom. The average molecular weight is 450 g/mol. The molecule has 1 atom stereocenters. The van der Waals surface area contributed by atoms with Crippen LogP contribution in [0.25, 0.3) is 11.8 Å². The number of aromatic nitrogens is 2. The number of ether oxygens (including phenoxy) is 1. The Bertz CT molecular complexity index is 1120. The molecule has 1 saturated heterocycles. The second-order valence-corrected chi connectivity index (χ2v) is 9.70. The number of hydrogen-bond donors (Lipinski definition) is 0. The normalized spacial score (nSPS) is 17.7. The standard InChI is InChI=1S/C21H24FN3O5S/c1-14-19(15(2)25(23-14)17-6-4-16(22)5-7-17)8-9-21(27)30-12-20(26)24(3)18-10-11-31(28,29)13-18/h4-9,18H,10-13H2,1-3H3/b9-8+. The fourth-order valence-corrected chi connectivity index (χ4v) is 5.22. The summed E-state index contributed by atoms with van der Waals surface area (Å²) in [6.07, 6.45) is 3.14. The summed E-state index contributed by atoms with van der Waals surface area (Å²) in [7, 11) is -1.60. The van der Waals surface area contributed by atoms with E-state index in [1.165, 1.54) is 30.2 Å². The third-order valence-electron chi connectivity index (χ3n) is 5.29. The first kappa shape index (κ1) is 22.7. The number of nitrogens with zero attached hydrogens (tertiary/aromatic N) is 3. The number of likely N-dealkylation sites (N-methyl/N-ethyl adjacent to an activating group) is 1. The number of aryl methyl sites for hydroxylation is 1. The van der Waals surface area contributed by atoms with Crippen molar-refractivity contribution in [3.8, 4) is 5.69 Å². The predicted octanol–water partition coefficient (Wildman–Crippen LogP) is 1.83. The molecule has 0 N–H and O–H groups in total. The van der Waals surface area contributed by atoms with Gasteiger partial charge in [-0.1, -0.05) is 0 Å². The number of esters is 1. The van der Waals surface area contributed by atoms with Crippen molar-refractivity contribution in [1.29, 1.82) is 0 Å². The molecule has 0 spiro atoms. The van der Waals surface area contributed by atoms with Crippen LogP contribution in [-0.2, 0) is 24.2 Å². The zero-order chi connectivity index (χ0) is 22.8. The third-order valence-corrected chi connectivity index (χ3v) is 7.04. The minimum atomic E-state index is -3.11. The molecule has 1 aliphatic rings. The molecule has 1 aromatic carbocycles. The number of amides is 1. The van der Waals surface area contributed by atoms with Gasteiger partial charge in [-0.25, -0.2) is 22.3 Å². The molecule has 1 fully saturated rings. The summed E-state index contributed by atoms with van der Waals surface area (Å²) in [4.78, 5) is 25.6. The largest absolute Gasteiger partial charge is 0.452 e. The van der Waals surface area contributed by atoms with Crippen LogP contribution in [0.4, 0.5) is 4.39 Å². The van der Waals surface area contributed by atoms with Gasteiger partial charge in [0.15, 0.2) is 16.4 Å². The molecule has 0 bridgehead atoms. The molecular formula is C21H24FN3O5S. The first-order valence-corrected chi connectivity index (χ1v) is 11.5. The summed E-state index contributed by atoms with van der Waals surface area (Å²) in [6, 6.07) is 5.50. The number of hydrogen-bond acceptors (Lipinski definition) is 6. The van der Waals surface area contributed by atoms with Crippen LogP contribution in [0.2, 0.25) is 0 Å².